The predicted molar refractivity (Wildman–Crippen MR) is 102 cm³/mol. The van der Waals surface area contributed by atoms with E-state index in [0.29, 0.717) is 25.4 Å². The van der Waals surface area contributed by atoms with Gasteiger partial charge in [0.25, 0.3) is 5.91 Å². The molecule has 1 fully saturated rings. The SMILES string of the molecule is CCNC(=NCc1csc(CC)n1)N1CCN(C(=O)c2ccco2)CC1. The van der Waals surface area contributed by atoms with E-state index in [1.54, 1.807) is 23.5 Å². The number of aryl methyl sites for hydroxylation is 1. The molecule has 0 bridgehead atoms. The summed E-state index contributed by atoms with van der Waals surface area (Å²) in [6.07, 6.45) is 2.49. The van der Waals surface area contributed by atoms with Gasteiger partial charge in [-0.1, -0.05) is 6.92 Å². The van der Waals surface area contributed by atoms with Crippen molar-refractivity contribution >= 4 is 23.2 Å². The lowest BCUT2D eigenvalue weighted by atomic mass is 10.3. The number of amides is 1. The molecule has 0 radical (unpaired) electrons. The molecule has 0 aromatic carbocycles. The van der Waals surface area contributed by atoms with Gasteiger partial charge in [-0.15, -0.1) is 11.3 Å². The lowest BCUT2D eigenvalue weighted by Gasteiger charge is -2.36. The number of guanidine groups is 1. The third-order valence-electron chi connectivity index (χ3n) is 4.23. The average molecular weight is 375 g/mol. The summed E-state index contributed by atoms with van der Waals surface area (Å²) in [6, 6.07) is 3.44. The van der Waals surface area contributed by atoms with Crippen LogP contribution in [0.1, 0.15) is 35.1 Å². The number of aromatic nitrogens is 1. The standard InChI is InChI=1S/C18H25N5O2S/c1-3-16-21-14(13-26-16)12-20-18(19-4-2)23-9-7-22(8-10-23)17(24)15-6-5-11-25-15/h5-6,11,13H,3-4,7-10,12H2,1-2H3,(H,19,20). The molecular formula is C18H25N5O2S. The quantitative estimate of drug-likeness (QED) is 0.641. The molecule has 140 valence electrons. The summed E-state index contributed by atoms with van der Waals surface area (Å²) >= 11 is 1.68. The maximum absolute atomic E-state index is 12.4. The molecule has 7 nitrogen and oxygen atoms in total. The van der Waals surface area contributed by atoms with Crippen LogP contribution in [0.25, 0.3) is 0 Å². The highest BCUT2D eigenvalue weighted by atomic mass is 32.1. The molecular weight excluding hydrogens is 350 g/mol. The minimum absolute atomic E-state index is 0.0499. The topological polar surface area (TPSA) is 74.0 Å². The highest BCUT2D eigenvalue weighted by Gasteiger charge is 2.25. The molecule has 0 spiro atoms. The van der Waals surface area contributed by atoms with Crippen LogP contribution in [-0.2, 0) is 13.0 Å². The van der Waals surface area contributed by atoms with Gasteiger partial charge in [0.05, 0.1) is 23.5 Å². The van der Waals surface area contributed by atoms with Crippen molar-refractivity contribution in [3.63, 3.8) is 0 Å². The summed E-state index contributed by atoms with van der Waals surface area (Å²) in [7, 11) is 0. The second-order valence-electron chi connectivity index (χ2n) is 6.01. The van der Waals surface area contributed by atoms with E-state index in [-0.39, 0.29) is 5.91 Å². The number of nitrogens with zero attached hydrogens (tertiary/aromatic N) is 4. The minimum atomic E-state index is -0.0499. The molecule has 1 aliphatic heterocycles. The first-order valence-electron chi connectivity index (χ1n) is 9.00. The van der Waals surface area contributed by atoms with Crippen LogP contribution in [0.15, 0.2) is 33.2 Å². The van der Waals surface area contributed by atoms with Gasteiger partial charge in [0.15, 0.2) is 11.7 Å². The third kappa shape index (κ3) is 4.43. The van der Waals surface area contributed by atoms with Crippen LogP contribution in [-0.4, -0.2) is 59.4 Å². The number of thiazole rings is 1. The van der Waals surface area contributed by atoms with Crippen molar-refractivity contribution in [2.24, 2.45) is 4.99 Å². The fraction of sp³-hybridized carbons (Fsp3) is 0.500. The number of furan rings is 1. The summed E-state index contributed by atoms with van der Waals surface area (Å²) in [5, 5.41) is 6.56. The molecule has 0 atom stereocenters. The zero-order valence-corrected chi connectivity index (χ0v) is 16.1. The summed E-state index contributed by atoms with van der Waals surface area (Å²) < 4.78 is 5.21. The number of aliphatic imine (C=N–C) groups is 1. The van der Waals surface area contributed by atoms with Crippen molar-refractivity contribution < 1.29 is 9.21 Å². The molecule has 8 heteroatoms. The highest BCUT2D eigenvalue weighted by Crippen LogP contribution is 2.12. The van der Waals surface area contributed by atoms with E-state index < -0.39 is 0 Å². The molecule has 1 aliphatic rings. The Balaban J connectivity index is 1.59. The van der Waals surface area contributed by atoms with E-state index >= 15 is 0 Å². The van der Waals surface area contributed by atoms with Crippen LogP contribution < -0.4 is 5.32 Å². The normalized spacial score (nSPS) is 15.4. The zero-order valence-electron chi connectivity index (χ0n) is 15.3. The first-order chi connectivity index (χ1) is 12.7. The fourth-order valence-electron chi connectivity index (χ4n) is 2.84. The van der Waals surface area contributed by atoms with Gasteiger partial charge in [0.2, 0.25) is 0 Å². The maximum Gasteiger partial charge on any atom is 0.289 e. The summed E-state index contributed by atoms with van der Waals surface area (Å²) in [4.78, 5) is 25.7. The van der Waals surface area contributed by atoms with Crippen molar-refractivity contribution in [2.45, 2.75) is 26.8 Å². The van der Waals surface area contributed by atoms with Crippen LogP contribution in [0.2, 0.25) is 0 Å². The Kier molecular flexibility index (Phi) is 6.27. The number of piperazine rings is 1. The second-order valence-corrected chi connectivity index (χ2v) is 6.96. The first kappa shape index (κ1) is 18.4. The van der Waals surface area contributed by atoms with E-state index in [1.807, 2.05) is 4.90 Å². The Morgan fingerprint density at radius 3 is 2.69 bits per heavy atom. The van der Waals surface area contributed by atoms with E-state index in [2.05, 4.69) is 34.4 Å². The monoisotopic (exact) mass is 375 g/mol. The minimum Gasteiger partial charge on any atom is -0.459 e. The van der Waals surface area contributed by atoms with Crippen molar-refractivity contribution in [2.75, 3.05) is 32.7 Å². The lowest BCUT2D eigenvalue weighted by Crippen LogP contribution is -2.53. The third-order valence-corrected chi connectivity index (χ3v) is 5.27. The molecule has 0 aliphatic carbocycles. The van der Waals surface area contributed by atoms with Gasteiger partial charge in [0.1, 0.15) is 0 Å². The van der Waals surface area contributed by atoms with E-state index in [9.17, 15) is 4.79 Å². The molecule has 3 heterocycles. The Bertz CT molecular complexity index is 733. The molecule has 0 unspecified atom stereocenters. The first-order valence-corrected chi connectivity index (χ1v) is 9.88. The van der Waals surface area contributed by atoms with Crippen LogP contribution in [0.3, 0.4) is 0 Å². The number of carbonyl (C=O) groups excluding carboxylic acids is 1. The maximum atomic E-state index is 12.4. The Labute approximate surface area is 157 Å². The highest BCUT2D eigenvalue weighted by molar-refractivity contribution is 7.09. The zero-order chi connectivity index (χ0) is 18.4. The van der Waals surface area contributed by atoms with Gasteiger partial charge in [-0.25, -0.2) is 9.98 Å². The molecule has 2 aromatic heterocycles. The van der Waals surface area contributed by atoms with Crippen LogP contribution in [0.5, 0.6) is 0 Å². The van der Waals surface area contributed by atoms with E-state index in [0.717, 1.165) is 42.7 Å². The average Bonchev–Trinajstić information content (AvgIpc) is 3.36. The Morgan fingerprint density at radius 2 is 2.08 bits per heavy atom. The van der Waals surface area contributed by atoms with E-state index in [1.165, 1.54) is 6.26 Å². The molecule has 2 aromatic rings. The number of carbonyl (C=O) groups is 1. The van der Waals surface area contributed by atoms with E-state index in [4.69, 9.17) is 9.41 Å². The van der Waals surface area contributed by atoms with Gasteiger partial charge >= 0.3 is 0 Å². The Hall–Kier alpha value is -2.35. The number of nitrogens with one attached hydrogen (secondary N) is 1. The predicted octanol–water partition coefficient (Wildman–Crippen LogP) is 2.22. The number of hydrogen-bond acceptors (Lipinski definition) is 5. The lowest BCUT2D eigenvalue weighted by molar-refractivity contribution is 0.0657. The van der Waals surface area contributed by atoms with Crippen molar-refractivity contribution in [1.82, 2.24) is 20.1 Å². The number of rotatable bonds is 5. The molecule has 0 saturated carbocycles. The Morgan fingerprint density at radius 1 is 1.31 bits per heavy atom. The van der Waals surface area contributed by atoms with Crippen molar-refractivity contribution in [3.8, 4) is 0 Å². The summed E-state index contributed by atoms with van der Waals surface area (Å²) in [5.41, 5.74) is 1.01. The molecule has 3 rings (SSSR count). The van der Waals surface area contributed by atoms with Gasteiger partial charge < -0.3 is 19.5 Å². The van der Waals surface area contributed by atoms with Crippen LogP contribution in [0.4, 0.5) is 0 Å². The van der Waals surface area contributed by atoms with Gasteiger partial charge in [0, 0.05) is 38.1 Å². The summed E-state index contributed by atoms with van der Waals surface area (Å²) in [6.45, 7) is 8.35. The van der Waals surface area contributed by atoms with Crippen molar-refractivity contribution in [3.05, 3.63) is 40.2 Å². The second kappa shape index (κ2) is 8.84. The smallest absolute Gasteiger partial charge is 0.289 e. The van der Waals surface area contributed by atoms with Crippen LogP contribution in [0, 0.1) is 0 Å². The van der Waals surface area contributed by atoms with Crippen LogP contribution >= 0.6 is 11.3 Å². The fourth-order valence-corrected chi connectivity index (χ4v) is 3.58. The van der Waals surface area contributed by atoms with Crippen molar-refractivity contribution in [1.29, 1.82) is 0 Å². The number of hydrogen-bond donors (Lipinski definition) is 1. The summed E-state index contributed by atoms with van der Waals surface area (Å²) in [5.74, 6) is 1.23. The van der Waals surface area contributed by atoms with Gasteiger partial charge in [-0.05, 0) is 25.5 Å². The van der Waals surface area contributed by atoms with Gasteiger partial charge in [-0.2, -0.15) is 0 Å². The molecule has 1 amide bonds. The molecule has 1 saturated heterocycles. The molecule has 26 heavy (non-hydrogen) atoms. The van der Waals surface area contributed by atoms with Gasteiger partial charge in [-0.3, -0.25) is 4.79 Å². The molecule has 1 N–H and O–H groups in total. The largest absolute Gasteiger partial charge is 0.459 e.